The van der Waals surface area contributed by atoms with E-state index >= 15 is 0 Å². The first-order chi connectivity index (χ1) is 6.97. The second kappa shape index (κ2) is 5.26. The van der Waals surface area contributed by atoms with Crippen molar-refractivity contribution in [3.05, 3.63) is 29.6 Å². The molecule has 15 heavy (non-hydrogen) atoms. The summed E-state index contributed by atoms with van der Waals surface area (Å²) < 4.78 is 0. The Bertz CT molecular complexity index is 282. The van der Waals surface area contributed by atoms with Crippen LogP contribution in [0.25, 0.3) is 0 Å². The summed E-state index contributed by atoms with van der Waals surface area (Å²) in [5, 5.41) is 3.44. The van der Waals surface area contributed by atoms with Gasteiger partial charge in [-0.25, -0.2) is 0 Å². The highest BCUT2D eigenvalue weighted by atomic mass is 14.9. The van der Waals surface area contributed by atoms with Gasteiger partial charge in [0.05, 0.1) is 0 Å². The van der Waals surface area contributed by atoms with E-state index in [-0.39, 0.29) is 0 Å². The highest BCUT2D eigenvalue weighted by Gasteiger charge is 2.08. The Labute approximate surface area is 93.1 Å². The van der Waals surface area contributed by atoms with Crippen LogP contribution in [0.3, 0.4) is 0 Å². The number of hydrogen-bond acceptors (Lipinski definition) is 2. The number of nitrogens with zero attached hydrogens (tertiary/aromatic N) is 1. The molecule has 0 saturated heterocycles. The lowest BCUT2D eigenvalue weighted by atomic mass is 9.92. The summed E-state index contributed by atoms with van der Waals surface area (Å²) >= 11 is 0. The third-order valence-corrected chi connectivity index (χ3v) is 2.35. The Hall–Kier alpha value is -0.890. The minimum absolute atomic E-state index is 0.415. The average molecular weight is 206 g/mol. The molecule has 0 spiro atoms. The van der Waals surface area contributed by atoms with Crippen LogP contribution in [0.4, 0.5) is 0 Å². The van der Waals surface area contributed by atoms with Crippen molar-refractivity contribution < 1.29 is 0 Å². The summed E-state index contributed by atoms with van der Waals surface area (Å²) in [4.78, 5) is 4.27. The number of nitrogens with one attached hydrogen (secondary N) is 1. The molecule has 0 fully saturated rings. The van der Waals surface area contributed by atoms with Crippen molar-refractivity contribution >= 4 is 0 Å². The van der Waals surface area contributed by atoms with Gasteiger partial charge in [0.1, 0.15) is 0 Å². The van der Waals surface area contributed by atoms with Gasteiger partial charge in [-0.2, -0.15) is 0 Å². The highest BCUT2D eigenvalue weighted by Crippen LogP contribution is 2.16. The first-order valence-corrected chi connectivity index (χ1v) is 5.60. The van der Waals surface area contributed by atoms with E-state index < -0.39 is 0 Å². The molecule has 0 aliphatic carbocycles. The Kier molecular flexibility index (Phi) is 4.28. The molecule has 0 aliphatic rings. The Morgan fingerprint density at radius 2 is 2.00 bits per heavy atom. The SMILES string of the molecule is Cc1ccc(CNCCC(C)(C)C)cn1. The summed E-state index contributed by atoms with van der Waals surface area (Å²) in [6.45, 7) is 10.8. The largest absolute Gasteiger partial charge is 0.313 e. The summed E-state index contributed by atoms with van der Waals surface area (Å²) in [5.41, 5.74) is 2.75. The van der Waals surface area contributed by atoms with Crippen LogP contribution in [-0.2, 0) is 6.54 Å². The monoisotopic (exact) mass is 206 g/mol. The van der Waals surface area contributed by atoms with Crippen molar-refractivity contribution in [2.75, 3.05) is 6.54 Å². The molecule has 0 radical (unpaired) electrons. The van der Waals surface area contributed by atoms with Gasteiger partial charge in [0.15, 0.2) is 0 Å². The van der Waals surface area contributed by atoms with E-state index in [0.29, 0.717) is 5.41 Å². The lowest BCUT2D eigenvalue weighted by Crippen LogP contribution is -2.20. The second-order valence-electron chi connectivity index (χ2n) is 5.30. The van der Waals surface area contributed by atoms with Crippen molar-refractivity contribution in [1.29, 1.82) is 0 Å². The fraction of sp³-hybridized carbons (Fsp3) is 0.615. The van der Waals surface area contributed by atoms with Crippen LogP contribution in [0.2, 0.25) is 0 Å². The van der Waals surface area contributed by atoms with Gasteiger partial charge in [-0.1, -0.05) is 26.8 Å². The molecule has 0 saturated carbocycles. The van der Waals surface area contributed by atoms with Crippen molar-refractivity contribution in [3.63, 3.8) is 0 Å². The van der Waals surface area contributed by atoms with E-state index in [2.05, 4.69) is 43.2 Å². The van der Waals surface area contributed by atoms with Crippen molar-refractivity contribution in [3.8, 4) is 0 Å². The van der Waals surface area contributed by atoms with Gasteiger partial charge in [0, 0.05) is 18.4 Å². The third-order valence-electron chi connectivity index (χ3n) is 2.35. The van der Waals surface area contributed by atoms with Gasteiger partial charge in [-0.15, -0.1) is 0 Å². The van der Waals surface area contributed by atoms with E-state index in [1.807, 2.05) is 13.1 Å². The van der Waals surface area contributed by atoms with Gasteiger partial charge < -0.3 is 5.32 Å². The minimum atomic E-state index is 0.415. The van der Waals surface area contributed by atoms with Crippen LogP contribution in [0.1, 0.15) is 38.4 Å². The quantitative estimate of drug-likeness (QED) is 0.766. The maximum atomic E-state index is 4.27. The number of hydrogen-bond donors (Lipinski definition) is 1. The van der Waals surface area contributed by atoms with E-state index in [1.54, 1.807) is 0 Å². The molecule has 1 N–H and O–H groups in total. The Morgan fingerprint density at radius 3 is 2.53 bits per heavy atom. The number of rotatable bonds is 4. The maximum absolute atomic E-state index is 4.27. The lowest BCUT2D eigenvalue weighted by Gasteiger charge is -2.18. The summed E-state index contributed by atoms with van der Waals surface area (Å²) in [5.74, 6) is 0. The minimum Gasteiger partial charge on any atom is -0.313 e. The molecule has 1 aromatic heterocycles. The summed E-state index contributed by atoms with van der Waals surface area (Å²) in [6.07, 6.45) is 3.14. The summed E-state index contributed by atoms with van der Waals surface area (Å²) in [7, 11) is 0. The molecule has 0 aliphatic heterocycles. The highest BCUT2D eigenvalue weighted by molar-refractivity contribution is 5.12. The molecule has 2 heteroatoms. The van der Waals surface area contributed by atoms with Crippen molar-refractivity contribution in [2.24, 2.45) is 5.41 Å². The summed E-state index contributed by atoms with van der Waals surface area (Å²) in [6, 6.07) is 4.19. The molecule has 0 unspecified atom stereocenters. The molecule has 2 nitrogen and oxygen atoms in total. The van der Waals surface area contributed by atoms with E-state index in [1.165, 1.54) is 12.0 Å². The second-order valence-corrected chi connectivity index (χ2v) is 5.30. The number of aromatic nitrogens is 1. The molecule has 1 heterocycles. The van der Waals surface area contributed by atoms with Crippen molar-refractivity contribution in [1.82, 2.24) is 10.3 Å². The van der Waals surface area contributed by atoms with Gasteiger partial charge in [0.2, 0.25) is 0 Å². The van der Waals surface area contributed by atoms with Crippen LogP contribution in [-0.4, -0.2) is 11.5 Å². The van der Waals surface area contributed by atoms with Gasteiger partial charge in [-0.3, -0.25) is 4.98 Å². The predicted octanol–water partition coefficient (Wildman–Crippen LogP) is 2.92. The van der Waals surface area contributed by atoms with Gasteiger partial charge in [-0.05, 0) is 36.9 Å². The van der Waals surface area contributed by atoms with E-state index in [4.69, 9.17) is 0 Å². The zero-order valence-corrected chi connectivity index (χ0v) is 10.3. The topological polar surface area (TPSA) is 24.9 Å². The van der Waals surface area contributed by atoms with Gasteiger partial charge >= 0.3 is 0 Å². The zero-order valence-electron chi connectivity index (χ0n) is 10.3. The molecule has 0 aromatic carbocycles. The molecule has 84 valence electrons. The fourth-order valence-electron chi connectivity index (χ4n) is 1.30. The van der Waals surface area contributed by atoms with Crippen LogP contribution in [0.5, 0.6) is 0 Å². The smallest absolute Gasteiger partial charge is 0.0372 e. The molecule has 1 rings (SSSR count). The number of aryl methyl sites for hydroxylation is 1. The Morgan fingerprint density at radius 1 is 1.27 bits per heavy atom. The van der Waals surface area contributed by atoms with Crippen molar-refractivity contribution in [2.45, 2.75) is 40.7 Å². The predicted molar refractivity (Wildman–Crippen MR) is 64.8 cm³/mol. The molecule has 0 atom stereocenters. The van der Waals surface area contributed by atoms with E-state index in [9.17, 15) is 0 Å². The first kappa shape index (κ1) is 12.2. The first-order valence-electron chi connectivity index (χ1n) is 5.60. The lowest BCUT2D eigenvalue weighted by molar-refractivity contribution is 0.366. The van der Waals surface area contributed by atoms with Crippen LogP contribution in [0, 0.1) is 12.3 Å². The maximum Gasteiger partial charge on any atom is 0.0372 e. The normalized spacial score (nSPS) is 11.7. The standard InChI is InChI=1S/C13H22N2/c1-11-5-6-12(10-15-11)9-14-8-7-13(2,3)4/h5-6,10,14H,7-9H2,1-4H3. The average Bonchev–Trinajstić information content (AvgIpc) is 2.14. The van der Waals surface area contributed by atoms with Gasteiger partial charge in [0.25, 0.3) is 0 Å². The molecule has 0 bridgehead atoms. The van der Waals surface area contributed by atoms with Crippen LogP contribution >= 0.6 is 0 Å². The molecular weight excluding hydrogens is 184 g/mol. The number of pyridine rings is 1. The molecule has 0 amide bonds. The zero-order chi connectivity index (χ0) is 11.3. The van der Waals surface area contributed by atoms with E-state index in [0.717, 1.165) is 18.8 Å². The molecular formula is C13H22N2. The van der Waals surface area contributed by atoms with Crippen LogP contribution in [0.15, 0.2) is 18.3 Å². The van der Waals surface area contributed by atoms with Crippen LogP contribution < -0.4 is 5.32 Å². The Balaban J connectivity index is 2.23. The third kappa shape index (κ3) is 5.53. The fourth-order valence-corrected chi connectivity index (χ4v) is 1.30. The molecule has 1 aromatic rings.